The molecule has 7 heteroatoms. The zero-order valence-electron chi connectivity index (χ0n) is 13.1. The summed E-state index contributed by atoms with van der Waals surface area (Å²) in [6, 6.07) is 12.9. The largest absolute Gasteiger partial charge is 0.484 e. The van der Waals surface area contributed by atoms with Crippen LogP contribution < -0.4 is 10.1 Å². The maximum Gasteiger partial charge on any atom is 0.269 e. The Morgan fingerprint density at radius 1 is 1.25 bits per heavy atom. The van der Waals surface area contributed by atoms with Crippen LogP contribution in [-0.2, 0) is 4.79 Å². The number of rotatable bonds is 7. The molecule has 2 rings (SSSR count). The molecule has 0 saturated carbocycles. The van der Waals surface area contributed by atoms with Gasteiger partial charge in [-0.1, -0.05) is 18.2 Å². The molecule has 0 bridgehead atoms. The number of amides is 1. The summed E-state index contributed by atoms with van der Waals surface area (Å²) in [7, 11) is 0. The van der Waals surface area contributed by atoms with Crippen molar-refractivity contribution in [1.29, 1.82) is 0 Å². The average molecular weight is 330 g/mol. The van der Waals surface area contributed by atoms with Crippen LogP contribution in [0, 0.1) is 17.0 Å². The Morgan fingerprint density at radius 3 is 2.54 bits per heavy atom. The number of ether oxygens (including phenoxy) is 1. The van der Waals surface area contributed by atoms with Crippen LogP contribution in [0.1, 0.15) is 17.2 Å². The molecule has 7 nitrogen and oxygen atoms in total. The van der Waals surface area contributed by atoms with Gasteiger partial charge in [0, 0.05) is 18.7 Å². The number of hydrogen-bond acceptors (Lipinski definition) is 5. The second-order valence-corrected chi connectivity index (χ2v) is 5.22. The Morgan fingerprint density at radius 2 is 1.92 bits per heavy atom. The van der Waals surface area contributed by atoms with E-state index in [-0.39, 0.29) is 24.7 Å². The molecule has 0 saturated heterocycles. The van der Waals surface area contributed by atoms with Crippen molar-refractivity contribution >= 4 is 11.6 Å². The summed E-state index contributed by atoms with van der Waals surface area (Å²) < 4.78 is 5.41. The van der Waals surface area contributed by atoms with E-state index < -0.39 is 11.0 Å². The van der Waals surface area contributed by atoms with Gasteiger partial charge >= 0.3 is 0 Å². The molecule has 0 aliphatic carbocycles. The molecular formula is C17H18N2O5. The van der Waals surface area contributed by atoms with Crippen molar-refractivity contribution in [2.24, 2.45) is 0 Å². The van der Waals surface area contributed by atoms with Crippen molar-refractivity contribution in [3.05, 3.63) is 69.8 Å². The van der Waals surface area contributed by atoms with Gasteiger partial charge < -0.3 is 15.2 Å². The topological polar surface area (TPSA) is 102 Å². The number of nitro benzene ring substituents is 1. The molecule has 1 atom stereocenters. The molecule has 2 aromatic rings. The van der Waals surface area contributed by atoms with E-state index in [0.29, 0.717) is 11.3 Å². The molecule has 1 amide bonds. The molecule has 0 spiro atoms. The van der Waals surface area contributed by atoms with Gasteiger partial charge in [-0.05, 0) is 36.2 Å². The van der Waals surface area contributed by atoms with Gasteiger partial charge in [-0.25, -0.2) is 0 Å². The lowest BCUT2D eigenvalue weighted by atomic mass is 10.1. The first-order valence-electron chi connectivity index (χ1n) is 7.35. The highest BCUT2D eigenvalue weighted by Gasteiger charge is 2.12. The number of non-ortho nitro benzene ring substituents is 1. The highest BCUT2D eigenvalue weighted by molar-refractivity contribution is 5.77. The molecule has 0 heterocycles. The Balaban J connectivity index is 1.80. The molecule has 1 unspecified atom stereocenters. The Kier molecular flexibility index (Phi) is 5.86. The van der Waals surface area contributed by atoms with Crippen molar-refractivity contribution < 1.29 is 19.6 Å². The van der Waals surface area contributed by atoms with E-state index in [2.05, 4.69) is 5.32 Å². The van der Waals surface area contributed by atoms with Gasteiger partial charge in [-0.2, -0.15) is 0 Å². The van der Waals surface area contributed by atoms with Crippen LogP contribution in [-0.4, -0.2) is 29.1 Å². The SMILES string of the molecule is Cc1ccccc1OCC(=O)NCC(O)c1ccc([N+](=O)[O-])cc1. The molecule has 2 N–H and O–H groups in total. The van der Waals surface area contributed by atoms with Gasteiger partial charge in [0.25, 0.3) is 11.6 Å². The van der Waals surface area contributed by atoms with E-state index in [0.717, 1.165) is 5.56 Å². The van der Waals surface area contributed by atoms with Crippen LogP contribution >= 0.6 is 0 Å². The molecule has 0 aliphatic heterocycles. The van der Waals surface area contributed by atoms with Crippen molar-refractivity contribution in [2.45, 2.75) is 13.0 Å². The van der Waals surface area contributed by atoms with E-state index in [9.17, 15) is 20.0 Å². The predicted octanol–water partition coefficient (Wildman–Crippen LogP) is 2.13. The van der Waals surface area contributed by atoms with Gasteiger partial charge in [-0.15, -0.1) is 0 Å². The standard InChI is InChI=1S/C17H18N2O5/c1-12-4-2-3-5-16(12)24-11-17(21)18-10-15(20)13-6-8-14(9-7-13)19(22)23/h2-9,15,20H,10-11H2,1H3,(H,18,21). The molecule has 2 aromatic carbocycles. The van der Waals surface area contributed by atoms with Gasteiger partial charge in [0.05, 0.1) is 11.0 Å². The maximum atomic E-state index is 11.8. The molecule has 126 valence electrons. The van der Waals surface area contributed by atoms with Crippen molar-refractivity contribution in [1.82, 2.24) is 5.32 Å². The van der Waals surface area contributed by atoms with Gasteiger partial charge in [0.2, 0.25) is 0 Å². The molecule has 0 aromatic heterocycles. The molecule has 0 radical (unpaired) electrons. The third-order valence-corrected chi connectivity index (χ3v) is 3.43. The summed E-state index contributed by atoms with van der Waals surface area (Å²) in [6.07, 6.45) is -0.951. The number of aryl methyl sites for hydroxylation is 1. The first-order valence-corrected chi connectivity index (χ1v) is 7.35. The van der Waals surface area contributed by atoms with Gasteiger partial charge in [0.15, 0.2) is 6.61 Å². The lowest BCUT2D eigenvalue weighted by Gasteiger charge is -2.13. The number of aliphatic hydroxyl groups is 1. The van der Waals surface area contributed by atoms with Crippen LogP contribution in [0.4, 0.5) is 5.69 Å². The zero-order chi connectivity index (χ0) is 17.5. The van der Waals surface area contributed by atoms with E-state index in [1.54, 1.807) is 6.07 Å². The fourth-order valence-corrected chi connectivity index (χ4v) is 2.06. The lowest BCUT2D eigenvalue weighted by Crippen LogP contribution is -2.32. The van der Waals surface area contributed by atoms with Crippen LogP contribution in [0.2, 0.25) is 0 Å². The number of benzene rings is 2. The molecular weight excluding hydrogens is 312 g/mol. The second-order valence-electron chi connectivity index (χ2n) is 5.22. The summed E-state index contributed by atoms with van der Waals surface area (Å²) in [4.78, 5) is 21.8. The molecule has 24 heavy (non-hydrogen) atoms. The van der Waals surface area contributed by atoms with Crippen molar-refractivity contribution in [3.8, 4) is 5.75 Å². The third-order valence-electron chi connectivity index (χ3n) is 3.43. The number of carbonyl (C=O) groups excluding carboxylic acids is 1. The smallest absolute Gasteiger partial charge is 0.269 e. The number of nitro groups is 1. The maximum absolute atomic E-state index is 11.8. The number of para-hydroxylation sites is 1. The van der Waals surface area contributed by atoms with E-state index >= 15 is 0 Å². The normalized spacial score (nSPS) is 11.6. The first-order chi connectivity index (χ1) is 11.5. The fourth-order valence-electron chi connectivity index (χ4n) is 2.06. The number of carbonyl (C=O) groups is 1. The monoisotopic (exact) mass is 330 g/mol. The number of nitrogens with zero attached hydrogens (tertiary/aromatic N) is 1. The third kappa shape index (κ3) is 4.79. The van der Waals surface area contributed by atoms with E-state index in [1.807, 2.05) is 25.1 Å². The Bertz CT molecular complexity index is 715. The zero-order valence-corrected chi connectivity index (χ0v) is 13.1. The van der Waals surface area contributed by atoms with E-state index in [4.69, 9.17) is 4.74 Å². The summed E-state index contributed by atoms with van der Waals surface area (Å²) in [5.74, 6) is 0.266. The van der Waals surface area contributed by atoms with Crippen molar-refractivity contribution in [3.63, 3.8) is 0 Å². The number of nitrogens with one attached hydrogen (secondary N) is 1. The van der Waals surface area contributed by atoms with Crippen LogP contribution in [0.5, 0.6) is 5.75 Å². The number of aliphatic hydroxyl groups excluding tert-OH is 1. The summed E-state index contributed by atoms with van der Waals surface area (Å²) in [6.45, 7) is 1.72. The highest BCUT2D eigenvalue weighted by atomic mass is 16.6. The van der Waals surface area contributed by atoms with Gasteiger partial charge in [0.1, 0.15) is 5.75 Å². The van der Waals surface area contributed by atoms with E-state index in [1.165, 1.54) is 24.3 Å². The predicted molar refractivity (Wildman–Crippen MR) is 87.7 cm³/mol. The summed E-state index contributed by atoms with van der Waals surface area (Å²) in [5, 5.41) is 23.1. The second kappa shape index (κ2) is 8.07. The average Bonchev–Trinajstić information content (AvgIpc) is 2.59. The van der Waals surface area contributed by atoms with Crippen LogP contribution in [0.25, 0.3) is 0 Å². The Labute approximate surface area is 139 Å². The molecule has 0 fully saturated rings. The minimum atomic E-state index is -0.951. The highest BCUT2D eigenvalue weighted by Crippen LogP contribution is 2.17. The first kappa shape index (κ1) is 17.4. The summed E-state index contributed by atoms with van der Waals surface area (Å²) >= 11 is 0. The van der Waals surface area contributed by atoms with Crippen LogP contribution in [0.15, 0.2) is 48.5 Å². The Hall–Kier alpha value is -2.93. The quantitative estimate of drug-likeness (QED) is 0.598. The van der Waals surface area contributed by atoms with Crippen LogP contribution in [0.3, 0.4) is 0 Å². The molecule has 0 aliphatic rings. The minimum Gasteiger partial charge on any atom is -0.484 e. The van der Waals surface area contributed by atoms with Gasteiger partial charge in [-0.3, -0.25) is 14.9 Å². The van der Waals surface area contributed by atoms with Crippen molar-refractivity contribution in [2.75, 3.05) is 13.2 Å². The minimum absolute atomic E-state index is 0.00617. The summed E-state index contributed by atoms with van der Waals surface area (Å²) in [5.41, 5.74) is 1.36. The fraction of sp³-hybridized carbons (Fsp3) is 0.235. The lowest BCUT2D eigenvalue weighted by molar-refractivity contribution is -0.384. The number of hydrogen-bond donors (Lipinski definition) is 2.